The van der Waals surface area contributed by atoms with Crippen LogP contribution in [0.25, 0.3) is 0 Å². The second kappa shape index (κ2) is 18.7. The Morgan fingerprint density at radius 3 is 1.49 bits per heavy atom. The highest BCUT2D eigenvalue weighted by molar-refractivity contribution is 9.10. The fraction of sp³-hybridized carbons (Fsp3) is 0.386. The Balaban J connectivity index is 1.31. The molecule has 2 N–H and O–H groups in total. The minimum Gasteiger partial charge on any atom is -0.488 e. The number of hydrogen-bond donors (Lipinski definition) is 2. The molecule has 0 saturated carbocycles. The fourth-order valence-electron chi connectivity index (χ4n) is 5.51. The minimum absolute atomic E-state index is 0.0886. The van der Waals surface area contributed by atoms with E-state index in [4.69, 9.17) is 14.2 Å². The lowest BCUT2D eigenvalue weighted by Gasteiger charge is -2.30. The van der Waals surface area contributed by atoms with Crippen molar-refractivity contribution in [2.45, 2.75) is 97.9 Å². The number of ether oxygens (including phenoxy) is 3. The molecule has 10 nitrogen and oxygen atoms in total. The second-order valence-electron chi connectivity index (χ2n) is 15.5. The molecule has 2 amide bonds. The van der Waals surface area contributed by atoms with E-state index < -0.39 is 29.7 Å². The van der Waals surface area contributed by atoms with Crippen LogP contribution in [0.1, 0.15) is 89.7 Å². The van der Waals surface area contributed by atoms with Gasteiger partial charge in [-0.1, -0.05) is 50.9 Å². The van der Waals surface area contributed by atoms with E-state index in [1.165, 1.54) is 12.1 Å². The summed E-state index contributed by atoms with van der Waals surface area (Å²) in [7, 11) is -3.81. The lowest BCUT2D eigenvalue weighted by atomic mass is 9.98. The third-order valence-electron chi connectivity index (χ3n) is 9.44. The first-order chi connectivity index (χ1) is 26.5. The number of hydrogen-bond acceptors (Lipinski definition) is 8. The molecule has 0 fully saturated rings. The number of ketones is 1. The second-order valence-corrected chi connectivity index (χ2v) is 21.4. The summed E-state index contributed by atoms with van der Waals surface area (Å²) in [6.07, 6.45) is 1.34. The average Bonchev–Trinajstić information content (AvgIpc) is 3.16. The third kappa shape index (κ3) is 12.7. The van der Waals surface area contributed by atoms with Gasteiger partial charge in [0.1, 0.15) is 22.8 Å². The Morgan fingerprint density at radius 2 is 1.04 bits per heavy atom. The highest BCUT2D eigenvalue weighted by atomic mass is 79.9. The predicted octanol–water partition coefficient (Wildman–Crippen LogP) is 9.31. The van der Waals surface area contributed by atoms with Crippen molar-refractivity contribution in [3.63, 3.8) is 0 Å². The number of halogens is 2. The van der Waals surface area contributed by atoms with Crippen LogP contribution >= 0.6 is 31.9 Å². The largest absolute Gasteiger partial charge is 0.488 e. The molecular formula is C44H52Br2N2O8S. The van der Waals surface area contributed by atoms with Gasteiger partial charge < -0.3 is 24.8 Å². The number of sulfone groups is 1. The summed E-state index contributed by atoms with van der Waals surface area (Å²) >= 11 is 6.70. The number of benzene rings is 4. The molecule has 0 saturated heterocycles. The number of carbonyl (C=O) groups is 3. The van der Waals surface area contributed by atoms with Crippen molar-refractivity contribution in [3.05, 3.63) is 114 Å². The van der Waals surface area contributed by atoms with Crippen LogP contribution in [-0.4, -0.2) is 60.0 Å². The molecule has 4 aromatic rings. The van der Waals surface area contributed by atoms with Gasteiger partial charge in [0.25, 0.3) is 0 Å². The van der Waals surface area contributed by atoms with Gasteiger partial charge in [-0.2, -0.15) is 0 Å². The van der Waals surface area contributed by atoms with Gasteiger partial charge >= 0.3 is 0 Å². The molecule has 306 valence electrons. The van der Waals surface area contributed by atoms with Crippen molar-refractivity contribution in [1.82, 2.24) is 10.6 Å². The van der Waals surface area contributed by atoms with E-state index in [0.717, 1.165) is 12.0 Å². The van der Waals surface area contributed by atoms with E-state index in [9.17, 15) is 22.8 Å². The molecule has 0 aliphatic rings. The van der Waals surface area contributed by atoms with Crippen molar-refractivity contribution < 1.29 is 37.0 Å². The van der Waals surface area contributed by atoms with E-state index in [1.54, 1.807) is 113 Å². The van der Waals surface area contributed by atoms with Gasteiger partial charge in [-0.3, -0.25) is 14.4 Å². The molecule has 0 bridgehead atoms. The normalized spacial score (nSPS) is 13.3. The van der Waals surface area contributed by atoms with Crippen LogP contribution in [-0.2, 0) is 29.8 Å². The number of carbonyl (C=O) groups excluding carboxylic acids is 3. The fourth-order valence-corrected chi connectivity index (χ4v) is 7.05. The van der Waals surface area contributed by atoms with Gasteiger partial charge in [-0.05, 0) is 145 Å². The summed E-state index contributed by atoms with van der Waals surface area (Å²) in [5.41, 5.74) is 0.549. The molecule has 0 aliphatic carbocycles. The first-order valence-electron chi connectivity index (χ1n) is 18.7. The Labute approximate surface area is 353 Å². The number of nitrogens with one attached hydrogen (secondary N) is 2. The lowest BCUT2D eigenvalue weighted by Crippen LogP contribution is -2.42. The summed E-state index contributed by atoms with van der Waals surface area (Å²) in [6, 6.07) is 26.4. The van der Waals surface area contributed by atoms with Gasteiger partial charge in [-0.15, -0.1) is 0 Å². The molecule has 1 atom stereocenters. The zero-order chi connectivity index (χ0) is 42.2. The summed E-state index contributed by atoms with van der Waals surface area (Å²) in [6.45, 7) is 16.0. The molecule has 4 rings (SSSR count). The van der Waals surface area contributed by atoms with Crippen LogP contribution < -0.4 is 20.1 Å². The molecule has 0 aliphatic heterocycles. The standard InChI is InChI=1S/C44H52Br2N2O8S/c1-9-44(8,26-27-47-39(50)41(2,3)45)56-35-18-12-31(13-19-35)38(49)30-10-16-33(17-11-30)55-34-20-24-37(25-21-34)57(52,53)36-22-14-32(15-23-36)43(6,7)54-29-28-48-40(51)42(4,5)46/h10-25H,9,26-29H2,1-8H3,(H,47,50)(H,48,51). The van der Waals surface area contributed by atoms with Crippen LogP contribution in [0.5, 0.6) is 17.2 Å². The van der Waals surface area contributed by atoms with Crippen molar-refractivity contribution in [1.29, 1.82) is 0 Å². The molecule has 0 aromatic heterocycles. The summed E-state index contributed by atoms with van der Waals surface area (Å²) in [5, 5.41) is 5.75. The molecule has 57 heavy (non-hydrogen) atoms. The van der Waals surface area contributed by atoms with Crippen LogP contribution in [0.3, 0.4) is 0 Å². The zero-order valence-electron chi connectivity index (χ0n) is 33.7. The Kier molecular flexibility index (Phi) is 15.0. The maximum atomic E-state index is 13.4. The van der Waals surface area contributed by atoms with E-state index in [1.807, 2.05) is 27.7 Å². The molecule has 0 heterocycles. The predicted molar refractivity (Wildman–Crippen MR) is 230 cm³/mol. The highest BCUT2D eigenvalue weighted by Crippen LogP contribution is 2.30. The Bertz CT molecular complexity index is 2110. The van der Waals surface area contributed by atoms with Crippen LogP contribution in [0.15, 0.2) is 107 Å². The number of amides is 2. The van der Waals surface area contributed by atoms with Crippen LogP contribution in [0.2, 0.25) is 0 Å². The van der Waals surface area contributed by atoms with E-state index in [0.29, 0.717) is 47.9 Å². The van der Waals surface area contributed by atoms with Crippen LogP contribution in [0, 0.1) is 0 Å². The quantitative estimate of drug-likeness (QED) is 0.0540. The number of alkyl halides is 2. The minimum atomic E-state index is -3.81. The lowest BCUT2D eigenvalue weighted by molar-refractivity contribution is -0.123. The van der Waals surface area contributed by atoms with E-state index in [-0.39, 0.29) is 34.0 Å². The smallest absolute Gasteiger partial charge is 0.236 e. The molecule has 1 unspecified atom stereocenters. The Morgan fingerprint density at radius 1 is 0.614 bits per heavy atom. The van der Waals surface area contributed by atoms with Gasteiger partial charge in [-0.25, -0.2) is 8.42 Å². The summed E-state index contributed by atoms with van der Waals surface area (Å²) in [4.78, 5) is 37.8. The van der Waals surface area contributed by atoms with Crippen LogP contribution in [0.4, 0.5) is 0 Å². The average molecular weight is 929 g/mol. The molecule has 0 spiro atoms. The SMILES string of the molecule is CCC(C)(CCNC(=O)C(C)(C)Br)Oc1ccc(C(=O)c2ccc(Oc3ccc(S(=O)(=O)c4ccc(C(C)(C)OCCNC(=O)C(C)(C)Br)cc4)cc3)cc2)cc1. The monoisotopic (exact) mass is 926 g/mol. The van der Waals surface area contributed by atoms with Crippen molar-refractivity contribution >= 4 is 59.3 Å². The summed E-state index contributed by atoms with van der Waals surface area (Å²) in [5.74, 6) is 1.15. The van der Waals surface area contributed by atoms with E-state index >= 15 is 0 Å². The molecule has 0 radical (unpaired) electrons. The first-order valence-corrected chi connectivity index (χ1v) is 21.8. The molecule has 13 heteroatoms. The Hall–Kier alpha value is -4.04. The van der Waals surface area contributed by atoms with Crippen molar-refractivity contribution in [2.75, 3.05) is 19.7 Å². The van der Waals surface area contributed by atoms with Crippen molar-refractivity contribution in [2.24, 2.45) is 0 Å². The van der Waals surface area contributed by atoms with Gasteiger partial charge in [0.2, 0.25) is 21.7 Å². The first kappa shape index (κ1) is 45.7. The van der Waals surface area contributed by atoms with Crippen molar-refractivity contribution in [3.8, 4) is 17.2 Å². The highest BCUT2D eigenvalue weighted by Gasteiger charge is 2.28. The molecular weight excluding hydrogens is 876 g/mol. The molecule has 4 aromatic carbocycles. The van der Waals surface area contributed by atoms with Gasteiger partial charge in [0, 0.05) is 30.6 Å². The third-order valence-corrected chi connectivity index (χ3v) is 12.0. The van der Waals surface area contributed by atoms with Gasteiger partial charge in [0.15, 0.2) is 5.78 Å². The van der Waals surface area contributed by atoms with E-state index in [2.05, 4.69) is 42.5 Å². The zero-order valence-corrected chi connectivity index (χ0v) is 37.7. The topological polar surface area (TPSA) is 137 Å². The maximum Gasteiger partial charge on any atom is 0.236 e. The number of rotatable bonds is 19. The van der Waals surface area contributed by atoms with Gasteiger partial charge in [0.05, 0.1) is 30.6 Å². The summed E-state index contributed by atoms with van der Waals surface area (Å²) < 4.78 is 43.8. The maximum absolute atomic E-state index is 13.4.